The van der Waals surface area contributed by atoms with Gasteiger partial charge in [-0.25, -0.2) is 5.01 Å². The quantitative estimate of drug-likeness (QED) is 0.588. The third kappa shape index (κ3) is 3.84. The molecular formula is C23H17BrN4O2S. The highest BCUT2D eigenvalue weighted by atomic mass is 79.9. The van der Waals surface area contributed by atoms with Crippen molar-refractivity contribution in [2.24, 2.45) is 10.1 Å². The van der Waals surface area contributed by atoms with Crippen LogP contribution in [0.4, 0.5) is 0 Å². The van der Waals surface area contributed by atoms with Crippen molar-refractivity contribution in [1.82, 2.24) is 10.3 Å². The first-order valence-corrected chi connectivity index (χ1v) is 11.4. The van der Waals surface area contributed by atoms with Crippen LogP contribution in [0.1, 0.15) is 17.3 Å². The van der Waals surface area contributed by atoms with E-state index in [-0.39, 0.29) is 11.7 Å². The zero-order valence-electron chi connectivity index (χ0n) is 16.2. The lowest BCUT2D eigenvalue weighted by Gasteiger charge is -2.34. The van der Waals surface area contributed by atoms with Crippen molar-refractivity contribution in [3.05, 3.63) is 99.0 Å². The summed E-state index contributed by atoms with van der Waals surface area (Å²) in [5.41, 5.74) is 2.42. The van der Waals surface area contributed by atoms with E-state index in [4.69, 9.17) is 10.1 Å². The lowest BCUT2D eigenvalue weighted by atomic mass is 10.1. The number of phenols is 1. The summed E-state index contributed by atoms with van der Waals surface area (Å²) >= 11 is 4.84. The molecule has 1 unspecified atom stereocenters. The lowest BCUT2D eigenvalue weighted by Crippen LogP contribution is -2.50. The standard InChI is InChI=1S/C23H17BrN4O2S/c24-17-12-15(10-11-19(17)29)21-25-18-9-5-4-8-16(18)20-22(30)26-23(27-28(20)21)31-13-14-6-2-1-3-7-14/h1-12,21,29H,13H2,(H,26,27,30). The minimum atomic E-state index is -0.528. The number of carbonyl (C=O) groups is 1. The molecule has 8 heteroatoms. The van der Waals surface area contributed by atoms with E-state index in [1.54, 1.807) is 23.2 Å². The second-order valence-corrected chi connectivity index (χ2v) is 8.88. The summed E-state index contributed by atoms with van der Waals surface area (Å²) < 4.78 is 0.560. The SMILES string of the molecule is O=C1NC(SCc2ccccc2)=NN2C1=c1ccccc1=NC2c1ccc(O)c(Br)c1. The van der Waals surface area contributed by atoms with E-state index >= 15 is 0 Å². The topological polar surface area (TPSA) is 77.3 Å². The van der Waals surface area contributed by atoms with Crippen molar-refractivity contribution in [1.29, 1.82) is 0 Å². The third-order valence-corrected chi connectivity index (χ3v) is 6.57. The fraction of sp³-hybridized carbons (Fsp3) is 0.0870. The smallest absolute Gasteiger partial charge is 0.276 e. The van der Waals surface area contributed by atoms with Gasteiger partial charge >= 0.3 is 0 Å². The summed E-state index contributed by atoms with van der Waals surface area (Å²) in [6.07, 6.45) is -0.528. The van der Waals surface area contributed by atoms with E-state index < -0.39 is 6.17 Å². The van der Waals surface area contributed by atoms with E-state index in [2.05, 4.69) is 21.2 Å². The molecule has 2 N–H and O–H groups in total. The average molecular weight is 493 g/mol. The van der Waals surface area contributed by atoms with Gasteiger partial charge in [-0.15, -0.1) is 5.10 Å². The van der Waals surface area contributed by atoms with Gasteiger partial charge in [-0.05, 0) is 45.3 Å². The van der Waals surface area contributed by atoms with Gasteiger partial charge in [0.2, 0.25) is 0 Å². The number of benzene rings is 3. The van der Waals surface area contributed by atoms with Crippen molar-refractivity contribution in [2.45, 2.75) is 11.9 Å². The van der Waals surface area contributed by atoms with Crippen LogP contribution >= 0.6 is 27.7 Å². The summed E-state index contributed by atoms with van der Waals surface area (Å²) in [5.74, 6) is 0.616. The van der Waals surface area contributed by atoms with E-state index in [1.807, 2.05) is 54.6 Å². The van der Waals surface area contributed by atoms with Gasteiger partial charge in [0.1, 0.15) is 11.4 Å². The van der Waals surface area contributed by atoms with E-state index in [0.717, 1.165) is 21.7 Å². The third-order valence-electron chi connectivity index (χ3n) is 5.00. The second kappa shape index (κ2) is 8.20. The van der Waals surface area contributed by atoms with Crippen LogP contribution in [0, 0.1) is 0 Å². The highest BCUT2D eigenvalue weighted by Crippen LogP contribution is 2.34. The zero-order valence-corrected chi connectivity index (χ0v) is 18.6. The molecule has 2 aliphatic rings. The fourth-order valence-corrected chi connectivity index (χ4v) is 4.72. The van der Waals surface area contributed by atoms with Crippen LogP contribution in [-0.2, 0) is 10.5 Å². The Hall–Kier alpha value is -3.10. The molecule has 2 aliphatic heterocycles. The van der Waals surface area contributed by atoms with Crippen LogP contribution in [0.2, 0.25) is 0 Å². The molecule has 0 bridgehead atoms. The van der Waals surface area contributed by atoms with Gasteiger partial charge in [0.05, 0.1) is 9.83 Å². The predicted molar refractivity (Wildman–Crippen MR) is 124 cm³/mol. The number of hydrazone groups is 1. The number of amidine groups is 1. The van der Waals surface area contributed by atoms with E-state index in [9.17, 15) is 9.90 Å². The summed E-state index contributed by atoms with van der Waals surface area (Å²) in [4.78, 5) is 18.0. The molecule has 0 saturated heterocycles. The number of para-hydroxylation sites is 1. The normalized spacial score (nSPS) is 17.3. The number of phenolic OH excluding ortho intramolecular Hbond substituents is 1. The molecule has 6 nitrogen and oxygen atoms in total. The fourth-order valence-electron chi connectivity index (χ4n) is 3.52. The van der Waals surface area contributed by atoms with Gasteiger partial charge in [-0.2, -0.15) is 0 Å². The van der Waals surface area contributed by atoms with E-state index in [1.165, 1.54) is 11.8 Å². The lowest BCUT2D eigenvalue weighted by molar-refractivity contribution is -0.116. The molecule has 31 heavy (non-hydrogen) atoms. The zero-order chi connectivity index (χ0) is 21.4. The van der Waals surface area contributed by atoms with Crippen LogP contribution in [0.15, 0.2) is 87.4 Å². The molecule has 1 atom stereocenters. The molecular weight excluding hydrogens is 476 g/mol. The Morgan fingerprint density at radius 2 is 1.84 bits per heavy atom. The number of fused-ring (bicyclic) bond motifs is 2. The van der Waals surface area contributed by atoms with Crippen LogP contribution in [0.25, 0.3) is 5.70 Å². The van der Waals surface area contributed by atoms with Gasteiger partial charge in [0, 0.05) is 11.0 Å². The largest absolute Gasteiger partial charge is 0.507 e. The predicted octanol–water partition coefficient (Wildman–Crippen LogP) is 3.23. The Bertz CT molecular complexity index is 1330. The number of rotatable bonds is 3. The van der Waals surface area contributed by atoms with Crippen LogP contribution in [0.5, 0.6) is 5.75 Å². The number of thioether (sulfide) groups is 1. The minimum Gasteiger partial charge on any atom is -0.507 e. The molecule has 0 fully saturated rings. The van der Waals surface area contributed by atoms with Crippen molar-refractivity contribution in [3.63, 3.8) is 0 Å². The Morgan fingerprint density at radius 3 is 2.65 bits per heavy atom. The number of amides is 1. The Morgan fingerprint density at radius 1 is 1.06 bits per heavy atom. The first kappa shape index (κ1) is 19.8. The molecule has 0 radical (unpaired) electrons. The number of aromatic hydroxyl groups is 1. The Balaban J connectivity index is 1.58. The molecule has 5 rings (SSSR count). The monoisotopic (exact) mass is 492 g/mol. The van der Waals surface area contributed by atoms with Gasteiger partial charge < -0.3 is 5.11 Å². The minimum absolute atomic E-state index is 0.142. The summed E-state index contributed by atoms with van der Waals surface area (Å²) in [6, 6.07) is 22.8. The number of hydrogen-bond donors (Lipinski definition) is 2. The molecule has 0 saturated carbocycles. The number of hydrogen-bond acceptors (Lipinski definition) is 6. The number of nitrogens with one attached hydrogen (secondary N) is 1. The highest BCUT2D eigenvalue weighted by Gasteiger charge is 2.34. The van der Waals surface area contributed by atoms with Crippen molar-refractivity contribution < 1.29 is 9.90 Å². The van der Waals surface area contributed by atoms with Crippen molar-refractivity contribution >= 4 is 44.5 Å². The first-order valence-electron chi connectivity index (χ1n) is 9.62. The van der Waals surface area contributed by atoms with Crippen LogP contribution in [-0.4, -0.2) is 21.2 Å². The maximum atomic E-state index is 13.1. The Kier molecular flexibility index (Phi) is 5.25. The summed E-state index contributed by atoms with van der Waals surface area (Å²) in [6.45, 7) is 0. The van der Waals surface area contributed by atoms with Crippen LogP contribution in [0.3, 0.4) is 0 Å². The van der Waals surface area contributed by atoms with Crippen LogP contribution < -0.4 is 15.9 Å². The van der Waals surface area contributed by atoms with Gasteiger partial charge in [0.15, 0.2) is 11.3 Å². The molecule has 0 spiro atoms. The van der Waals surface area contributed by atoms with Crippen molar-refractivity contribution in [2.75, 3.05) is 0 Å². The number of halogens is 1. The molecule has 3 aromatic rings. The molecule has 2 heterocycles. The van der Waals surface area contributed by atoms with Gasteiger partial charge in [-0.1, -0.05) is 66.4 Å². The Labute approximate surface area is 191 Å². The first-order chi connectivity index (χ1) is 15.1. The van der Waals surface area contributed by atoms with Crippen molar-refractivity contribution in [3.8, 4) is 5.75 Å². The second-order valence-electron chi connectivity index (χ2n) is 7.06. The molecule has 3 aromatic carbocycles. The van der Waals surface area contributed by atoms with Gasteiger partial charge in [0.25, 0.3) is 5.91 Å². The summed E-state index contributed by atoms with van der Waals surface area (Å²) in [7, 11) is 0. The molecule has 0 aliphatic carbocycles. The van der Waals surface area contributed by atoms with Gasteiger partial charge in [-0.3, -0.25) is 15.1 Å². The summed E-state index contributed by atoms with van der Waals surface area (Å²) in [5, 5.41) is 21.2. The molecule has 1 amide bonds. The molecule has 0 aromatic heterocycles. The number of carbonyl (C=O) groups excluding carboxylic acids is 1. The highest BCUT2D eigenvalue weighted by molar-refractivity contribution is 9.10. The molecule has 154 valence electrons. The number of nitrogens with zero attached hydrogens (tertiary/aromatic N) is 3. The average Bonchev–Trinajstić information content (AvgIpc) is 2.79. The maximum Gasteiger partial charge on any atom is 0.276 e. The maximum absolute atomic E-state index is 13.1. The van der Waals surface area contributed by atoms with E-state index in [0.29, 0.717) is 21.1 Å².